The SMILES string of the molecule is COc1cc(N[C@H]2CCCN(C(=O)C(C)(C)C#N)C2)cc(OC)c1. The normalized spacial score (nSPS) is 17.8. The van der Waals surface area contributed by atoms with Crippen LogP contribution in [0.2, 0.25) is 0 Å². The van der Waals surface area contributed by atoms with Gasteiger partial charge in [-0.1, -0.05) is 0 Å². The first-order valence-corrected chi connectivity index (χ1v) is 8.10. The number of nitrogens with one attached hydrogen (secondary N) is 1. The second-order valence-corrected chi connectivity index (χ2v) is 6.57. The molecule has 0 radical (unpaired) electrons. The molecule has 0 bridgehead atoms. The summed E-state index contributed by atoms with van der Waals surface area (Å²) < 4.78 is 10.6. The van der Waals surface area contributed by atoms with Crippen LogP contribution in [-0.2, 0) is 4.79 Å². The number of carbonyl (C=O) groups is 1. The third-order valence-electron chi connectivity index (χ3n) is 4.25. The van der Waals surface area contributed by atoms with E-state index in [9.17, 15) is 10.1 Å². The van der Waals surface area contributed by atoms with Gasteiger partial charge in [-0.2, -0.15) is 5.26 Å². The quantitative estimate of drug-likeness (QED) is 0.898. The number of carbonyl (C=O) groups excluding carboxylic acids is 1. The van der Waals surface area contributed by atoms with E-state index >= 15 is 0 Å². The fourth-order valence-electron chi connectivity index (χ4n) is 2.85. The number of benzene rings is 1. The summed E-state index contributed by atoms with van der Waals surface area (Å²) in [6.45, 7) is 4.62. The molecule has 0 spiro atoms. The van der Waals surface area contributed by atoms with Gasteiger partial charge in [0.1, 0.15) is 16.9 Å². The van der Waals surface area contributed by atoms with E-state index in [0.29, 0.717) is 24.6 Å². The van der Waals surface area contributed by atoms with E-state index in [4.69, 9.17) is 9.47 Å². The zero-order chi connectivity index (χ0) is 17.7. The number of ether oxygens (including phenoxy) is 2. The molecule has 2 rings (SSSR count). The molecule has 1 atom stereocenters. The van der Waals surface area contributed by atoms with Gasteiger partial charge in [0.25, 0.3) is 0 Å². The molecule has 6 heteroatoms. The van der Waals surface area contributed by atoms with Gasteiger partial charge in [-0.15, -0.1) is 0 Å². The summed E-state index contributed by atoms with van der Waals surface area (Å²) in [5.74, 6) is 1.32. The van der Waals surface area contributed by atoms with Crippen molar-refractivity contribution < 1.29 is 14.3 Å². The van der Waals surface area contributed by atoms with Crippen LogP contribution in [0.25, 0.3) is 0 Å². The highest BCUT2D eigenvalue weighted by Crippen LogP contribution is 2.28. The summed E-state index contributed by atoms with van der Waals surface area (Å²) in [5, 5.41) is 12.6. The van der Waals surface area contributed by atoms with Gasteiger partial charge >= 0.3 is 0 Å². The van der Waals surface area contributed by atoms with Crippen molar-refractivity contribution in [1.82, 2.24) is 4.90 Å². The number of amides is 1. The standard InChI is InChI=1S/C18H25N3O3/c1-18(2,12-19)17(22)21-7-5-6-13(11-21)20-14-8-15(23-3)10-16(9-14)24-4/h8-10,13,20H,5-7,11H2,1-4H3/t13-/m0/s1. The first-order chi connectivity index (χ1) is 11.4. The highest BCUT2D eigenvalue weighted by Gasteiger charge is 2.34. The molecule has 1 N–H and O–H groups in total. The molecule has 1 aliphatic rings. The number of likely N-dealkylation sites (tertiary alicyclic amines) is 1. The molecule has 1 fully saturated rings. The molecule has 130 valence electrons. The molecule has 0 unspecified atom stereocenters. The Kier molecular flexibility index (Phi) is 5.55. The maximum absolute atomic E-state index is 12.5. The van der Waals surface area contributed by atoms with Crippen LogP contribution in [-0.4, -0.2) is 44.2 Å². The van der Waals surface area contributed by atoms with E-state index in [1.165, 1.54) is 0 Å². The fraction of sp³-hybridized carbons (Fsp3) is 0.556. The van der Waals surface area contributed by atoms with Crippen molar-refractivity contribution in [3.8, 4) is 17.6 Å². The minimum atomic E-state index is -0.985. The summed E-state index contributed by atoms with van der Waals surface area (Å²) in [7, 11) is 3.23. The Morgan fingerprint density at radius 3 is 2.46 bits per heavy atom. The number of methoxy groups -OCH3 is 2. The minimum Gasteiger partial charge on any atom is -0.497 e. The van der Waals surface area contributed by atoms with Crippen molar-refractivity contribution in [1.29, 1.82) is 5.26 Å². The largest absolute Gasteiger partial charge is 0.497 e. The topological polar surface area (TPSA) is 74.6 Å². The second kappa shape index (κ2) is 7.43. The van der Waals surface area contributed by atoms with Gasteiger partial charge < -0.3 is 19.7 Å². The van der Waals surface area contributed by atoms with Crippen LogP contribution in [0.15, 0.2) is 18.2 Å². The number of nitriles is 1. The molecular weight excluding hydrogens is 306 g/mol. The molecular formula is C18H25N3O3. The van der Waals surface area contributed by atoms with E-state index in [-0.39, 0.29) is 11.9 Å². The second-order valence-electron chi connectivity index (χ2n) is 6.57. The third kappa shape index (κ3) is 4.10. The molecule has 1 aliphatic heterocycles. The summed E-state index contributed by atoms with van der Waals surface area (Å²) in [4.78, 5) is 14.3. The summed E-state index contributed by atoms with van der Waals surface area (Å²) in [6, 6.07) is 7.85. The zero-order valence-electron chi connectivity index (χ0n) is 14.8. The van der Waals surface area contributed by atoms with Gasteiger partial charge in [0.15, 0.2) is 0 Å². The number of hydrogen-bond acceptors (Lipinski definition) is 5. The van der Waals surface area contributed by atoms with Crippen LogP contribution in [0.5, 0.6) is 11.5 Å². The Morgan fingerprint density at radius 1 is 1.29 bits per heavy atom. The molecule has 1 saturated heterocycles. The van der Waals surface area contributed by atoms with E-state index in [1.54, 1.807) is 33.0 Å². The molecule has 0 aromatic heterocycles. The average Bonchev–Trinajstić information content (AvgIpc) is 2.60. The molecule has 1 aromatic carbocycles. The van der Waals surface area contributed by atoms with Crippen molar-refractivity contribution in [2.75, 3.05) is 32.6 Å². The maximum atomic E-state index is 12.5. The molecule has 1 heterocycles. The van der Waals surface area contributed by atoms with Crippen LogP contribution in [0.1, 0.15) is 26.7 Å². The number of rotatable bonds is 5. The van der Waals surface area contributed by atoms with E-state index in [0.717, 1.165) is 18.5 Å². The highest BCUT2D eigenvalue weighted by molar-refractivity contribution is 5.84. The van der Waals surface area contributed by atoms with Crippen LogP contribution in [0.4, 0.5) is 5.69 Å². The predicted molar refractivity (Wildman–Crippen MR) is 92.2 cm³/mol. The van der Waals surface area contributed by atoms with Crippen LogP contribution < -0.4 is 14.8 Å². The molecule has 0 saturated carbocycles. The lowest BCUT2D eigenvalue weighted by Crippen LogP contribution is -2.49. The lowest BCUT2D eigenvalue weighted by molar-refractivity contribution is -0.138. The Balaban J connectivity index is 2.08. The Bertz CT molecular complexity index is 615. The number of piperidine rings is 1. The average molecular weight is 331 g/mol. The Morgan fingerprint density at radius 2 is 1.92 bits per heavy atom. The van der Waals surface area contributed by atoms with Crippen LogP contribution >= 0.6 is 0 Å². The van der Waals surface area contributed by atoms with Crippen molar-refractivity contribution in [3.05, 3.63) is 18.2 Å². The first-order valence-electron chi connectivity index (χ1n) is 8.10. The van der Waals surface area contributed by atoms with Crippen molar-refractivity contribution in [3.63, 3.8) is 0 Å². The summed E-state index contributed by atoms with van der Waals surface area (Å²) >= 11 is 0. The predicted octanol–water partition coefficient (Wildman–Crippen LogP) is 2.66. The van der Waals surface area contributed by atoms with Gasteiger partial charge in [-0.25, -0.2) is 0 Å². The maximum Gasteiger partial charge on any atom is 0.242 e. The molecule has 0 aliphatic carbocycles. The summed E-state index contributed by atoms with van der Waals surface area (Å²) in [6.07, 6.45) is 1.88. The zero-order valence-corrected chi connectivity index (χ0v) is 14.8. The van der Waals surface area contributed by atoms with Gasteiger partial charge in [0.2, 0.25) is 5.91 Å². The lowest BCUT2D eigenvalue weighted by Gasteiger charge is -2.36. The monoisotopic (exact) mass is 331 g/mol. The number of hydrogen-bond donors (Lipinski definition) is 1. The van der Waals surface area contributed by atoms with Crippen molar-refractivity contribution in [2.24, 2.45) is 5.41 Å². The Labute approximate surface area is 143 Å². The van der Waals surface area contributed by atoms with Gasteiger partial charge in [0.05, 0.1) is 20.3 Å². The van der Waals surface area contributed by atoms with Crippen molar-refractivity contribution >= 4 is 11.6 Å². The van der Waals surface area contributed by atoms with E-state index in [2.05, 4.69) is 11.4 Å². The minimum absolute atomic E-state index is 0.111. The number of nitrogens with zero attached hydrogens (tertiary/aromatic N) is 2. The lowest BCUT2D eigenvalue weighted by atomic mass is 9.92. The van der Waals surface area contributed by atoms with Gasteiger partial charge in [0, 0.05) is 43.0 Å². The number of anilines is 1. The first kappa shape index (κ1) is 17.9. The molecule has 1 aromatic rings. The van der Waals surface area contributed by atoms with E-state index in [1.807, 2.05) is 18.2 Å². The Hall–Kier alpha value is -2.42. The van der Waals surface area contributed by atoms with Crippen LogP contribution in [0, 0.1) is 16.7 Å². The van der Waals surface area contributed by atoms with Crippen molar-refractivity contribution in [2.45, 2.75) is 32.7 Å². The summed E-state index contributed by atoms with van der Waals surface area (Å²) in [5.41, 5.74) is -0.0915. The smallest absolute Gasteiger partial charge is 0.242 e. The third-order valence-corrected chi connectivity index (χ3v) is 4.25. The molecule has 24 heavy (non-hydrogen) atoms. The van der Waals surface area contributed by atoms with Crippen LogP contribution in [0.3, 0.4) is 0 Å². The highest BCUT2D eigenvalue weighted by atomic mass is 16.5. The van der Waals surface area contributed by atoms with E-state index < -0.39 is 5.41 Å². The fourth-order valence-corrected chi connectivity index (χ4v) is 2.85. The molecule has 6 nitrogen and oxygen atoms in total. The van der Waals surface area contributed by atoms with Gasteiger partial charge in [-0.05, 0) is 26.7 Å². The van der Waals surface area contributed by atoms with Gasteiger partial charge in [-0.3, -0.25) is 4.79 Å². The molecule has 1 amide bonds.